The molecule has 2 heterocycles. The summed E-state index contributed by atoms with van der Waals surface area (Å²) < 4.78 is 3.91. The Kier molecular flexibility index (Phi) is 4.36. The van der Waals surface area contributed by atoms with E-state index in [0.717, 1.165) is 44.9 Å². The van der Waals surface area contributed by atoms with Crippen LogP contribution in [0.3, 0.4) is 0 Å². The van der Waals surface area contributed by atoms with Crippen molar-refractivity contribution in [3.05, 3.63) is 115 Å². The molecule has 0 amide bonds. The van der Waals surface area contributed by atoms with Crippen molar-refractivity contribution in [3.63, 3.8) is 0 Å². The number of nitrogens with zero attached hydrogens (tertiary/aromatic N) is 5. The first-order valence-corrected chi connectivity index (χ1v) is 10.5. The molecule has 6 aromatic rings. The molecule has 0 aliphatic rings. The van der Waals surface area contributed by atoms with Gasteiger partial charge in [0, 0.05) is 11.1 Å². The minimum atomic E-state index is 0.845. The van der Waals surface area contributed by atoms with Crippen molar-refractivity contribution in [1.29, 1.82) is 0 Å². The second kappa shape index (κ2) is 7.63. The van der Waals surface area contributed by atoms with Gasteiger partial charge in [0.1, 0.15) is 22.6 Å². The molecule has 0 fully saturated rings. The summed E-state index contributed by atoms with van der Waals surface area (Å²) >= 11 is 0. The predicted octanol–water partition coefficient (Wildman–Crippen LogP) is 5.94. The Hall–Kier alpha value is -4.51. The molecule has 2 aromatic heterocycles. The highest BCUT2D eigenvalue weighted by atomic mass is 15.4. The predicted molar refractivity (Wildman–Crippen MR) is 127 cm³/mol. The molecule has 0 radical (unpaired) electrons. The Morgan fingerprint density at radius 1 is 0.531 bits per heavy atom. The van der Waals surface area contributed by atoms with Crippen molar-refractivity contribution >= 4 is 11.0 Å². The highest BCUT2D eigenvalue weighted by molar-refractivity contribution is 5.86. The van der Waals surface area contributed by atoms with Crippen LogP contribution in [0.25, 0.3) is 44.9 Å². The molecule has 32 heavy (non-hydrogen) atoms. The molecular weight excluding hydrogens is 394 g/mol. The normalized spacial score (nSPS) is 11.1. The van der Waals surface area contributed by atoms with Gasteiger partial charge in [0.05, 0.1) is 11.2 Å². The van der Waals surface area contributed by atoms with Crippen molar-refractivity contribution in [3.8, 4) is 33.9 Å². The lowest BCUT2D eigenvalue weighted by atomic mass is 10.1. The number of para-hydroxylation sites is 2. The minimum absolute atomic E-state index is 0.845. The van der Waals surface area contributed by atoms with Crippen molar-refractivity contribution in [1.82, 2.24) is 24.8 Å². The average Bonchev–Trinajstić information content (AvgIpc) is 3.47. The molecule has 5 nitrogen and oxygen atoms in total. The van der Waals surface area contributed by atoms with Gasteiger partial charge in [-0.3, -0.25) is 0 Å². The number of aromatic nitrogens is 5. The van der Waals surface area contributed by atoms with Crippen molar-refractivity contribution in [2.24, 2.45) is 0 Å². The van der Waals surface area contributed by atoms with Gasteiger partial charge in [-0.15, -0.1) is 5.10 Å². The molecule has 0 bridgehead atoms. The number of hydrogen-bond donors (Lipinski definition) is 0. The molecule has 152 valence electrons. The van der Waals surface area contributed by atoms with Crippen LogP contribution in [0, 0.1) is 0 Å². The van der Waals surface area contributed by atoms with Gasteiger partial charge in [-0.05, 0) is 24.3 Å². The monoisotopic (exact) mass is 413 g/mol. The molecule has 5 heteroatoms. The lowest BCUT2D eigenvalue weighted by molar-refractivity contribution is 0.825. The first-order valence-electron chi connectivity index (χ1n) is 10.5. The molecular formula is C27H19N5. The van der Waals surface area contributed by atoms with Gasteiger partial charge in [-0.25, -0.2) is 9.36 Å². The van der Waals surface area contributed by atoms with Crippen LogP contribution >= 0.6 is 0 Å². The summed E-state index contributed by atoms with van der Waals surface area (Å²) in [7, 11) is 0. The van der Waals surface area contributed by atoms with Crippen LogP contribution in [0.15, 0.2) is 115 Å². The lowest BCUT2D eigenvalue weighted by Crippen LogP contribution is -2.02. The maximum Gasteiger partial charge on any atom is 0.121 e. The summed E-state index contributed by atoms with van der Waals surface area (Å²) in [6, 6.07) is 38.8. The van der Waals surface area contributed by atoms with Crippen molar-refractivity contribution in [2.45, 2.75) is 0 Å². The van der Waals surface area contributed by atoms with Gasteiger partial charge in [-0.2, -0.15) is 5.10 Å². The average molecular weight is 413 g/mol. The standard InChI is InChI=1S/C27H19N5/c1-4-12-20(13-5-1)25-27(32-24-19-11-10-18-23(24)28-30-32)26(21-14-6-2-7-15-21)31(29-25)22-16-8-3-9-17-22/h1-19H. The van der Waals surface area contributed by atoms with Gasteiger partial charge in [-0.1, -0.05) is 96.2 Å². The number of benzene rings is 4. The Bertz CT molecular complexity index is 1500. The summed E-state index contributed by atoms with van der Waals surface area (Å²) in [5.74, 6) is 0. The zero-order valence-corrected chi connectivity index (χ0v) is 17.2. The molecule has 0 spiro atoms. The van der Waals surface area contributed by atoms with Crippen LogP contribution in [-0.2, 0) is 0 Å². The first kappa shape index (κ1) is 18.3. The first-order chi connectivity index (χ1) is 15.9. The highest BCUT2D eigenvalue weighted by Crippen LogP contribution is 2.37. The highest BCUT2D eigenvalue weighted by Gasteiger charge is 2.25. The van der Waals surface area contributed by atoms with E-state index < -0.39 is 0 Å². The molecule has 0 atom stereocenters. The van der Waals surface area contributed by atoms with Gasteiger partial charge < -0.3 is 0 Å². The van der Waals surface area contributed by atoms with E-state index >= 15 is 0 Å². The van der Waals surface area contributed by atoms with E-state index in [9.17, 15) is 0 Å². The number of hydrogen-bond acceptors (Lipinski definition) is 3. The van der Waals surface area contributed by atoms with Crippen LogP contribution in [0.4, 0.5) is 0 Å². The van der Waals surface area contributed by atoms with Gasteiger partial charge >= 0.3 is 0 Å². The van der Waals surface area contributed by atoms with Crippen molar-refractivity contribution < 1.29 is 0 Å². The van der Waals surface area contributed by atoms with Crippen LogP contribution < -0.4 is 0 Å². The summed E-state index contributed by atoms with van der Waals surface area (Å²) in [5, 5.41) is 14.1. The fourth-order valence-electron chi connectivity index (χ4n) is 4.05. The molecule has 0 unspecified atom stereocenters. The zero-order chi connectivity index (χ0) is 21.3. The molecule has 0 saturated carbocycles. The third-order valence-electron chi connectivity index (χ3n) is 5.52. The molecule has 0 N–H and O–H groups in total. The van der Waals surface area contributed by atoms with Crippen LogP contribution in [-0.4, -0.2) is 24.8 Å². The summed E-state index contributed by atoms with van der Waals surface area (Å²) in [6.45, 7) is 0. The fraction of sp³-hybridized carbons (Fsp3) is 0. The lowest BCUT2D eigenvalue weighted by Gasteiger charge is -2.10. The van der Waals surface area contributed by atoms with Gasteiger partial charge in [0.25, 0.3) is 0 Å². The maximum absolute atomic E-state index is 5.12. The van der Waals surface area contributed by atoms with E-state index in [2.05, 4.69) is 46.7 Å². The molecule has 0 saturated heterocycles. The van der Waals surface area contributed by atoms with Crippen LogP contribution in [0.1, 0.15) is 0 Å². The molecule has 0 aliphatic heterocycles. The third-order valence-corrected chi connectivity index (χ3v) is 5.52. The smallest absolute Gasteiger partial charge is 0.121 e. The van der Waals surface area contributed by atoms with Gasteiger partial charge in [0.15, 0.2) is 0 Å². The molecule has 0 aliphatic carbocycles. The zero-order valence-electron chi connectivity index (χ0n) is 17.2. The van der Waals surface area contributed by atoms with E-state index in [4.69, 9.17) is 5.10 Å². The number of fused-ring (bicyclic) bond motifs is 1. The van der Waals surface area contributed by atoms with E-state index in [-0.39, 0.29) is 0 Å². The Balaban J connectivity index is 1.76. The summed E-state index contributed by atoms with van der Waals surface area (Å²) in [6.07, 6.45) is 0. The van der Waals surface area contributed by atoms with E-state index in [1.807, 2.05) is 88.2 Å². The third kappa shape index (κ3) is 2.99. The van der Waals surface area contributed by atoms with Crippen LogP contribution in [0.2, 0.25) is 0 Å². The van der Waals surface area contributed by atoms with E-state index in [0.29, 0.717) is 0 Å². The Labute approximate surface area is 185 Å². The summed E-state index contributed by atoms with van der Waals surface area (Å²) in [5.41, 5.74) is 7.57. The molecule has 6 rings (SSSR count). The Morgan fingerprint density at radius 3 is 1.84 bits per heavy atom. The van der Waals surface area contributed by atoms with Crippen LogP contribution in [0.5, 0.6) is 0 Å². The van der Waals surface area contributed by atoms with E-state index in [1.54, 1.807) is 0 Å². The second-order valence-electron chi connectivity index (χ2n) is 7.52. The Morgan fingerprint density at radius 2 is 1.12 bits per heavy atom. The minimum Gasteiger partial charge on any atom is -0.230 e. The van der Waals surface area contributed by atoms with E-state index in [1.165, 1.54) is 0 Å². The summed E-state index contributed by atoms with van der Waals surface area (Å²) in [4.78, 5) is 0. The largest absolute Gasteiger partial charge is 0.230 e. The van der Waals surface area contributed by atoms with Gasteiger partial charge in [0.2, 0.25) is 0 Å². The molecule has 4 aromatic carbocycles. The number of rotatable bonds is 4. The topological polar surface area (TPSA) is 48.5 Å². The SMILES string of the molecule is c1ccc(-c2nn(-c3ccccc3)c(-c3ccccc3)c2-n2nnc3ccccc32)cc1. The second-order valence-corrected chi connectivity index (χ2v) is 7.52. The fourth-order valence-corrected chi connectivity index (χ4v) is 4.05. The van der Waals surface area contributed by atoms with Crippen molar-refractivity contribution in [2.75, 3.05) is 0 Å². The maximum atomic E-state index is 5.12. The quantitative estimate of drug-likeness (QED) is 0.359.